The Morgan fingerprint density at radius 2 is 1.95 bits per heavy atom. The average molecular weight is 285 g/mol. The van der Waals surface area contributed by atoms with Gasteiger partial charge in [0.1, 0.15) is 0 Å². The number of nitrogens with one attached hydrogen (secondary N) is 1. The molecule has 1 aliphatic heterocycles. The van der Waals surface area contributed by atoms with Crippen LogP contribution in [0, 0.1) is 5.82 Å². The number of phenolic OH excluding ortho intramolecular Hbond substituents is 1. The maximum Gasteiger partial charge on any atom is 0.169 e. The lowest BCUT2D eigenvalue weighted by Crippen LogP contribution is -2.30. The van der Waals surface area contributed by atoms with Crippen molar-refractivity contribution >= 4 is 0 Å². The van der Waals surface area contributed by atoms with Gasteiger partial charge in [0.2, 0.25) is 0 Å². The van der Waals surface area contributed by atoms with Gasteiger partial charge in [0.05, 0.1) is 0 Å². The molecule has 0 radical (unpaired) electrons. The molecule has 21 heavy (non-hydrogen) atoms. The highest BCUT2D eigenvalue weighted by Gasteiger charge is 2.24. The van der Waals surface area contributed by atoms with Crippen LogP contribution in [-0.4, -0.2) is 11.7 Å². The first kappa shape index (κ1) is 14.1. The van der Waals surface area contributed by atoms with Gasteiger partial charge in [0, 0.05) is 11.6 Å². The molecule has 2 N–H and O–H groups in total. The monoisotopic (exact) mass is 285 g/mol. The van der Waals surface area contributed by atoms with Crippen molar-refractivity contribution in [1.82, 2.24) is 5.32 Å². The summed E-state index contributed by atoms with van der Waals surface area (Å²) in [6.45, 7) is 0.868. The lowest BCUT2D eigenvalue weighted by Gasteiger charge is -2.27. The van der Waals surface area contributed by atoms with E-state index in [9.17, 15) is 9.50 Å². The van der Waals surface area contributed by atoms with Crippen LogP contribution in [0.15, 0.2) is 42.5 Å². The van der Waals surface area contributed by atoms with E-state index in [1.54, 1.807) is 0 Å². The summed E-state index contributed by atoms with van der Waals surface area (Å²) in [6.07, 6.45) is 3.69. The summed E-state index contributed by atoms with van der Waals surface area (Å²) in [6, 6.07) is 13.6. The first-order valence-corrected chi connectivity index (χ1v) is 7.53. The van der Waals surface area contributed by atoms with Gasteiger partial charge in [-0.05, 0) is 49.4 Å². The molecular weight excluding hydrogens is 265 g/mol. The first-order valence-electron chi connectivity index (χ1n) is 7.53. The van der Waals surface area contributed by atoms with E-state index < -0.39 is 5.82 Å². The lowest BCUT2D eigenvalue weighted by molar-refractivity contribution is 0.399. The summed E-state index contributed by atoms with van der Waals surface area (Å²) in [5.41, 5.74) is 2.99. The zero-order valence-electron chi connectivity index (χ0n) is 12.0. The van der Waals surface area contributed by atoms with E-state index >= 15 is 0 Å². The van der Waals surface area contributed by atoms with Gasteiger partial charge in [-0.15, -0.1) is 0 Å². The fourth-order valence-electron chi connectivity index (χ4n) is 3.10. The molecule has 0 saturated heterocycles. The Labute approximate surface area is 124 Å². The zero-order valence-corrected chi connectivity index (χ0v) is 12.0. The summed E-state index contributed by atoms with van der Waals surface area (Å²) in [5.74, 6) is -0.699. The number of aromatic hydroxyl groups is 1. The summed E-state index contributed by atoms with van der Waals surface area (Å²) in [5, 5.41) is 13.0. The molecule has 3 rings (SSSR count). The normalized spacial score (nSPS) is 17.5. The Balaban J connectivity index is 1.69. The van der Waals surface area contributed by atoms with E-state index in [0.717, 1.165) is 37.8 Å². The molecule has 2 aromatic rings. The third kappa shape index (κ3) is 3.08. The maximum atomic E-state index is 14.2. The van der Waals surface area contributed by atoms with Crippen LogP contribution in [0.1, 0.15) is 35.6 Å². The van der Waals surface area contributed by atoms with Crippen molar-refractivity contribution in [2.24, 2.45) is 0 Å². The van der Waals surface area contributed by atoms with Gasteiger partial charge < -0.3 is 10.4 Å². The van der Waals surface area contributed by atoms with Crippen molar-refractivity contribution in [2.75, 3.05) is 6.54 Å². The molecule has 0 aliphatic carbocycles. The number of hydrogen-bond acceptors (Lipinski definition) is 2. The molecule has 2 aromatic carbocycles. The third-order valence-electron chi connectivity index (χ3n) is 4.18. The van der Waals surface area contributed by atoms with E-state index in [2.05, 4.69) is 17.4 Å². The van der Waals surface area contributed by atoms with Crippen LogP contribution in [0.3, 0.4) is 0 Å². The van der Waals surface area contributed by atoms with Gasteiger partial charge in [0.25, 0.3) is 0 Å². The van der Waals surface area contributed by atoms with Gasteiger partial charge in [-0.1, -0.05) is 36.4 Å². The van der Waals surface area contributed by atoms with Gasteiger partial charge in [-0.3, -0.25) is 0 Å². The highest BCUT2D eigenvalue weighted by atomic mass is 19.1. The number of fused-ring (bicyclic) bond motifs is 1. The van der Waals surface area contributed by atoms with Crippen molar-refractivity contribution in [3.63, 3.8) is 0 Å². The number of hydrogen-bond donors (Lipinski definition) is 2. The molecule has 1 atom stereocenters. The lowest BCUT2D eigenvalue weighted by atomic mass is 9.90. The standard InChI is InChI=1S/C18H20FNO/c19-18-16(21)10-9-14-11-12-20-15(17(14)18)8-4-7-13-5-2-1-3-6-13/h1-3,5-6,9-10,15,20-21H,4,7-8,11-12H2/t15-/m1/s1. The van der Waals surface area contributed by atoms with Crippen molar-refractivity contribution in [1.29, 1.82) is 0 Å². The van der Waals surface area contributed by atoms with Gasteiger partial charge in [0.15, 0.2) is 11.6 Å². The molecular formula is C18H20FNO. The van der Waals surface area contributed by atoms with E-state index in [1.165, 1.54) is 11.6 Å². The van der Waals surface area contributed by atoms with Gasteiger partial charge in [-0.2, -0.15) is 0 Å². The minimum absolute atomic E-state index is 0.00422. The van der Waals surface area contributed by atoms with Crippen molar-refractivity contribution < 1.29 is 9.50 Å². The van der Waals surface area contributed by atoms with Crippen LogP contribution in [0.5, 0.6) is 5.75 Å². The SMILES string of the molecule is Oc1ccc2c(c1F)[C@@H](CCCc1ccccc1)NCC2. The molecule has 2 nitrogen and oxygen atoms in total. The minimum Gasteiger partial charge on any atom is -0.505 e. The Hall–Kier alpha value is -1.87. The van der Waals surface area contributed by atoms with Crippen molar-refractivity contribution in [3.05, 3.63) is 65.0 Å². The third-order valence-corrected chi connectivity index (χ3v) is 4.18. The van der Waals surface area contributed by atoms with E-state index in [0.29, 0.717) is 5.56 Å². The van der Waals surface area contributed by atoms with Crippen LogP contribution in [0.2, 0.25) is 0 Å². The summed E-state index contributed by atoms with van der Waals surface area (Å²) < 4.78 is 14.2. The second kappa shape index (κ2) is 6.27. The topological polar surface area (TPSA) is 32.3 Å². The van der Waals surface area contributed by atoms with Gasteiger partial charge in [-0.25, -0.2) is 4.39 Å². The van der Waals surface area contributed by atoms with E-state index in [1.807, 2.05) is 24.3 Å². The van der Waals surface area contributed by atoms with Crippen LogP contribution < -0.4 is 5.32 Å². The number of rotatable bonds is 4. The largest absolute Gasteiger partial charge is 0.505 e. The average Bonchev–Trinajstić information content (AvgIpc) is 2.52. The fraction of sp³-hybridized carbons (Fsp3) is 0.333. The Bertz CT molecular complexity index is 612. The summed E-state index contributed by atoms with van der Waals surface area (Å²) >= 11 is 0. The molecule has 3 heteroatoms. The zero-order chi connectivity index (χ0) is 14.7. The predicted molar refractivity (Wildman–Crippen MR) is 81.9 cm³/mol. The molecule has 0 saturated carbocycles. The number of aryl methyl sites for hydroxylation is 1. The minimum atomic E-state index is -0.454. The molecule has 110 valence electrons. The summed E-state index contributed by atoms with van der Waals surface area (Å²) in [7, 11) is 0. The number of benzene rings is 2. The molecule has 1 aliphatic rings. The van der Waals surface area contributed by atoms with E-state index in [-0.39, 0.29) is 11.8 Å². The Morgan fingerprint density at radius 1 is 1.14 bits per heavy atom. The number of phenols is 1. The molecule has 1 heterocycles. The highest BCUT2D eigenvalue weighted by molar-refractivity contribution is 5.40. The molecule has 0 spiro atoms. The van der Waals surface area contributed by atoms with Crippen LogP contribution >= 0.6 is 0 Å². The van der Waals surface area contributed by atoms with Gasteiger partial charge >= 0.3 is 0 Å². The predicted octanol–water partition coefficient (Wildman–Crippen LogP) is 3.74. The smallest absolute Gasteiger partial charge is 0.169 e. The second-order valence-corrected chi connectivity index (χ2v) is 5.61. The molecule has 0 amide bonds. The summed E-state index contributed by atoms with van der Waals surface area (Å²) in [4.78, 5) is 0. The van der Waals surface area contributed by atoms with Crippen LogP contribution in [0.4, 0.5) is 4.39 Å². The first-order chi connectivity index (χ1) is 10.3. The van der Waals surface area contributed by atoms with Crippen molar-refractivity contribution in [3.8, 4) is 5.75 Å². The van der Waals surface area contributed by atoms with Crippen LogP contribution in [-0.2, 0) is 12.8 Å². The molecule has 0 unspecified atom stereocenters. The Kier molecular flexibility index (Phi) is 4.20. The fourth-order valence-corrected chi connectivity index (χ4v) is 3.10. The maximum absolute atomic E-state index is 14.2. The Morgan fingerprint density at radius 3 is 2.76 bits per heavy atom. The number of halogens is 1. The molecule has 0 bridgehead atoms. The van der Waals surface area contributed by atoms with Crippen LogP contribution in [0.25, 0.3) is 0 Å². The quantitative estimate of drug-likeness (QED) is 0.897. The van der Waals surface area contributed by atoms with E-state index in [4.69, 9.17) is 0 Å². The second-order valence-electron chi connectivity index (χ2n) is 5.61. The van der Waals surface area contributed by atoms with Crippen molar-refractivity contribution in [2.45, 2.75) is 31.7 Å². The molecule has 0 aromatic heterocycles. The highest BCUT2D eigenvalue weighted by Crippen LogP contribution is 2.33. The molecule has 0 fully saturated rings.